The Labute approximate surface area is 115 Å². The van der Waals surface area contributed by atoms with Crippen molar-refractivity contribution in [2.24, 2.45) is 0 Å². The first-order valence-electron chi connectivity index (χ1n) is 5.84. The van der Waals surface area contributed by atoms with Crippen molar-refractivity contribution in [2.75, 3.05) is 25.4 Å². The lowest BCUT2D eigenvalue weighted by Gasteiger charge is -2.20. The zero-order chi connectivity index (χ0) is 14.0. The number of rotatable bonds is 6. The lowest BCUT2D eigenvalue weighted by Crippen LogP contribution is -2.35. The van der Waals surface area contributed by atoms with Gasteiger partial charge in [-0.15, -0.1) is 11.3 Å². The first-order chi connectivity index (χ1) is 9.02. The highest BCUT2D eigenvalue weighted by Crippen LogP contribution is 2.26. The van der Waals surface area contributed by atoms with Crippen LogP contribution in [-0.2, 0) is 10.0 Å². The van der Waals surface area contributed by atoms with Gasteiger partial charge in [-0.05, 0) is 6.42 Å². The Morgan fingerprint density at radius 1 is 1.53 bits per heavy atom. The van der Waals surface area contributed by atoms with Gasteiger partial charge in [-0.25, -0.2) is 13.4 Å². The van der Waals surface area contributed by atoms with E-state index in [0.717, 1.165) is 0 Å². The summed E-state index contributed by atoms with van der Waals surface area (Å²) in [7, 11) is -3.75. The van der Waals surface area contributed by atoms with Gasteiger partial charge in [-0.1, -0.05) is 6.92 Å². The molecule has 3 N–H and O–H groups in total. The summed E-state index contributed by atoms with van der Waals surface area (Å²) < 4.78 is 27.9. The van der Waals surface area contributed by atoms with Crippen molar-refractivity contribution in [1.82, 2.24) is 13.7 Å². The van der Waals surface area contributed by atoms with Gasteiger partial charge in [0.15, 0.2) is 15.8 Å². The van der Waals surface area contributed by atoms with Crippen LogP contribution in [0.2, 0.25) is 0 Å². The molecule has 2 rings (SSSR count). The number of hydrogen-bond donors (Lipinski definition) is 2. The van der Waals surface area contributed by atoms with Crippen LogP contribution in [0, 0.1) is 0 Å². The first kappa shape index (κ1) is 14.3. The molecule has 0 unspecified atom stereocenters. The highest BCUT2D eigenvalue weighted by molar-refractivity contribution is 7.89. The Kier molecular flexibility index (Phi) is 4.09. The molecule has 0 saturated carbocycles. The van der Waals surface area contributed by atoms with Crippen molar-refractivity contribution in [3.05, 3.63) is 11.6 Å². The predicted octanol–water partition coefficient (Wildman–Crippen LogP) is 0.371. The Morgan fingerprint density at radius 3 is 2.89 bits per heavy atom. The molecule has 9 heteroatoms. The molecule has 0 aromatic carbocycles. The molecule has 106 valence electrons. The third-order valence-electron chi connectivity index (χ3n) is 2.65. The van der Waals surface area contributed by atoms with E-state index >= 15 is 0 Å². The lowest BCUT2D eigenvalue weighted by atomic mass is 10.5. The van der Waals surface area contributed by atoms with Gasteiger partial charge in [-0.3, -0.25) is 4.40 Å². The van der Waals surface area contributed by atoms with Crippen molar-refractivity contribution < 1.29 is 13.5 Å². The quantitative estimate of drug-likeness (QED) is 0.803. The van der Waals surface area contributed by atoms with E-state index in [1.165, 1.54) is 20.0 Å². The van der Waals surface area contributed by atoms with Crippen molar-refractivity contribution in [3.8, 4) is 0 Å². The highest BCUT2D eigenvalue weighted by atomic mass is 32.2. The first-order valence-corrected chi connectivity index (χ1v) is 8.16. The average molecular weight is 304 g/mol. The van der Waals surface area contributed by atoms with E-state index in [-0.39, 0.29) is 24.0 Å². The number of aliphatic hydroxyl groups is 1. The molecule has 0 radical (unpaired) electrons. The molecule has 0 aliphatic carbocycles. The van der Waals surface area contributed by atoms with E-state index < -0.39 is 10.0 Å². The van der Waals surface area contributed by atoms with E-state index in [9.17, 15) is 8.42 Å². The second-order valence-corrected chi connectivity index (χ2v) is 6.71. The second kappa shape index (κ2) is 5.45. The van der Waals surface area contributed by atoms with Crippen LogP contribution in [0.1, 0.15) is 13.3 Å². The Balaban J connectivity index is 2.53. The van der Waals surface area contributed by atoms with Crippen molar-refractivity contribution in [3.63, 3.8) is 0 Å². The van der Waals surface area contributed by atoms with Gasteiger partial charge in [0.2, 0.25) is 0 Å². The van der Waals surface area contributed by atoms with Gasteiger partial charge < -0.3 is 10.8 Å². The number of imidazole rings is 1. The summed E-state index contributed by atoms with van der Waals surface area (Å²) in [5, 5.41) is 10.7. The number of nitrogens with two attached hydrogens (primary N) is 1. The standard InChI is InChI=1S/C10H16N4O3S2/c1-2-3-13(4-6-15)19(16,17)9-8(11)12-10-14(9)5-7-18-10/h5,7,15H,2-4,6,11H2,1H3. The van der Waals surface area contributed by atoms with Crippen LogP contribution in [0.5, 0.6) is 0 Å². The maximum absolute atomic E-state index is 12.6. The molecule has 0 saturated heterocycles. The molecule has 2 aromatic heterocycles. The molecule has 0 spiro atoms. The molecule has 0 aliphatic rings. The fourth-order valence-corrected chi connectivity index (χ4v) is 4.35. The molecule has 0 fully saturated rings. The zero-order valence-corrected chi connectivity index (χ0v) is 12.1. The van der Waals surface area contributed by atoms with Crippen LogP contribution in [0.4, 0.5) is 5.82 Å². The van der Waals surface area contributed by atoms with Crippen molar-refractivity contribution >= 4 is 32.1 Å². The molecule has 0 amide bonds. The van der Waals surface area contributed by atoms with Gasteiger partial charge in [0, 0.05) is 24.7 Å². The normalized spacial score (nSPS) is 12.6. The molecule has 7 nitrogen and oxygen atoms in total. The summed E-state index contributed by atoms with van der Waals surface area (Å²) in [5.74, 6) is -0.00843. The summed E-state index contributed by atoms with van der Waals surface area (Å²) >= 11 is 1.32. The third kappa shape index (κ3) is 2.46. The van der Waals surface area contributed by atoms with Crippen LogP contribution in [0.3, 0.4) is 0 Å². The minimum atomic E-state index is -3.75. The number of hydrogen-bond acceptors (Lipinski definition) is 6. The molecular formula is C10H16N4O3S2. The van der Waals surface area contributed by atoms with E-state index in [1.807, 2.05) is 6.92 Å². The maximum atomic E-state index is 12.6. The fraction of sp³-hybridized carbons (Fsp3) is 0.500. The smallest absolute Gasteiger partial charge is 0.262 e. The predicted molar refractivity (Wildman–Crippen MR) is 73.6 cm³/mol. The van der Waals surface area contributed by atoms with Crippen LogP contribution in [0.25, 0.3) is 4.96 Å². The number of sulfonamides is 1. The minimum Gasteiger partial charge on any atom is -0.395 e. The van der Waals surface area contributed by atoms with Gasteiger partial charge in [-0.2, -0.15) is 4.31 Å². The van der Waals surface area contributed by atoms with Gasteiger partial charge >= 0.3 is 0 Å². The number of aliphatic hydroxyl groups excluding tert-OH is 1. The number of thiazole rings is 1. The number of anilines is 1. The molecule has 2 heterocycles. The van der Waals surface area contributed by atoms with Crippen molar-refractivity contribution in [1.29, 1.82) is 0 Å². The summed E-state index contributed by atoms with van der Waals surface area (Å²) in [6, 6.07) is 0. The molecule has 0 aliphatic heterocycles. The molecule has 0 atom stereocenters. The third-order valence-corrected chi connectivity index (χ3v) is 5.35. The van der Waals surface area contributed by atoms with Gasteiger partial charge in [0.1, 0.15) is 0 Å². The summed E-state index contributed by atoms with van der Waals surface area (Å²) in [6.07, 6.45) is 2.28. The number of nitrogens with zero attached hydrogens (tertiary/aromatic N) is 3. The number of fused-ring (bicyclic) bond motifs is 1. The summed E-state index contributed by atoms with van der Waals surface area (Å²) in [6.45, 7) is 2.03. The lowest BCUT2D eigenvalue weighted by molar-refractivity contribution is 0.253. The van der Waals surface area contributed by atoms with Gasteiger partial charge in [0.05, 0.1) is 6.61 Å². The molecule has 2 aromatic rings. The topological polar surface area (TPSA) is 101 Å². The molecule has 0 bridgehead atoms. The second-order valence-electron chi connectivity index (χ2n) is 3.99. The van der Waals surface area contributed by atoms with Crippen LogP contribution in [0.15, 0.2) is 16.6 Å². The Morgan fingerprint density at radius 2 is 2.26 bits per heavy atom. The fourth-order valence-electron chi connectivity index (χ4n) is 1.87. The summed E-state index contributed by atoms with van der Waals surface area (Å²) in [5.41, 5.74) is 5.72. The van der Waals surface area contributed by atoms with Crippen LogP contribution >= 0.6 is 11.3 Å². The Bertz CT molecular complexity index is 655. The Hall–Kier alpha value is -1.16. The van der Waals surface area contributed by atoms with E-state index in [4.69, 9.17) is 10.8 Å². The van der Waals surface area contributed by atoms with Gasteiger partial charge in [0.25, 0.3) is 10.0 Å². The largest absolute Gasteiger partial charge is 0.395 e. The highest BCUT2D eigenvalue weighted by Gasteiger charge is 2.30. The van der Waals surface area contributed by atoms with E-state index in [0.29, 0.717) is 17.9 Å². The monoisotopic (exact) mass is 304 g/mol. The number of aromatic nitrogens is 2. The number of nitrogen functional groups attached to an aromatic ring is 1. The van der Waals surface area contributed by atoms with E-state index in [2.05, 4.69) is 4.98 Å². The summed E-state index contributed by atoms with van der Waals surface area (Å²) in [4.78, 5) is 4.57. The van der Waals surface area contributed by atoms with E-state index in [1.54, 1.807) is 11.6 Å². The van der Waals surface area contributed by atoms with Crippen LogP contribution in [-0.4, -0.2) is 46.9 Å². The van der Waals surface area contributed by atoms with Crippen molar-refractivity contribution in [2.45, 2.75) is 18.4 Å². The van der Waals surface area contributed by atoms with Crippen LogP contribution < -0.4 is 5.73 Å². The maximum Gasteiger partial charge on any atom is 0.262 e. The molecular weight excluding hydrogens is 288 g/mol. The molecule has 19 heavy (non-hydrogen) atoms. The minimum absolute atomic E-state index is 0.00843. The SMILES string of the molecule is CCCN(CCO)S(=O)(=O)c1c(N)nc2sccn12. The zero-order valence-electron chi connectivity index (χ0n) is 10.5. The average Bonchev–Trinajstić information content (AvgIpc) is 2.87.